The molecule has 0 heterocycles. The molecule has 102 valence electrons. The molecule has 4 nitrogen and oxygen atoms in total. The Hall–Kier alpha value is -1.05. The molecular weight excluding hydrogens is 264 g/mol. The van der Waals surface area contributed by atoms with Gasteiger partial charge in [-0.05, 0) is 25.5 Å². The molecule has 1 atom stereocenters. The van der Waals surface area contributed by atoms with Gasteiger partial charge in [-0.3, -0.25) is 0 Å². The highest BCUT2D eigenvalue weighted by molar-refractivity contribution is 7.89. The molecule has 1 aromatic carbocycles. The summed E-state index contributed by atoms with van der Waals surface area (Å²) >= 11 is 0. The average molecular weight is 279 g/mol. The summed E-state index contributed by atoms with van der Waals surface area (Å²) in [7, 11) is -4.10. The van der Waals surface area contributed by atoms with Gasteiger partial charge in [0.2, 0.25) is 10.0 Å². The molecule has 0 saturated carbocycles. The summed E-state index contributed by atoms with van der Waals surface area (Å²) in [6.07, 6.45) is 0.335. The molecule has 0 aliphatic carbocycles. The number of benzene rings is 1. The lowest BCUT2D eigenvalue weighted by Gasteiger charge is -2.21. The largest absolute Gasteiger partial charge is 0.389 e. The molecule has 1 rings (SSSR count). The third kappa shape index (κ3) is 3.72. The van der Waals surface area contributed by atoms with Crippen molar-refractivity contribution < 1.29 is 22.3 Å². The first-order chi connectivity index (χ1) is 8.18. The molecular formula is C11H15F2NO3S. The third-order valence-electron chi connectivity index (χ3n) is 2.59. The molecule has 0 amide bonds. The van der Waals surface area contributed by atoms with Crippen molar-refractivity contribution in [1.29, 1.82) is 0 Å². The highest BCUT2D eigenvalue weighted by Crippen LogP contribution is 2.16. The zero-order chi connectivity index (χ0) is 14.0. The molecule has 0 aliphatic heterocycles. The van der Waals surface area contributed by atoms with Crippen molar-refractivity contribution in [2.45, 2.75) is 30.8 Å². The summed E-state index contributed by atoms with van der Waals surface area (Å²) in [6.45, 7) is 2.89. The number of nitrogens with one attached hydrogen (secondary N) is 1. The lowest BCUT2D eigenvalue weighted by Crippen LogP contribution is -2.40. The van der Waals surface area contributed by atoms with Gasteiger partial charge in [0.15, 0.2) is 0 Å². The van der Waals surface area contributed by atoms with Crippen molar-refractivity contribution in [1.82, 2.24) is 4.72 Å². The van der Waals surface area contributed by atoms with E-state index in [0.29, 0.717) is 12.5 Å². The minimum Gasteiger partial charge on any atom is -0.389 e. The Kier molecular flexibility index (Phi) is 4.41. The Morgan fingerprint density at radius 3 is 2.50 bits per heavy atom. The number of rotatable bonds is 5. The van der Waals surface area contributed by atoms with E-state index in [1.807, 2.05) is 0 Å². The summed E-state index contributed by atoms with van der Waals surface area (Å²) in [5.74, 6) is -2.02. The number of hydrogen-bond donors (Lipinski definition) is 2. The third-order valence-corrected chi connectivity index (χ3v) is 4.02. The van der Waals surface area contributed by atoms with Crippen molar-refractivity contribution in [3.8, 4) is 0 Å². The van der Waals surface area contributed by atoms with E-state index < -0.39 is 32.2 Å². The van der Waals surface area contributed by atoms with Gasteiger partial charge < -0.3 is 5.11 Å². The van der Waals surface area contributed by atoms with E-state index >= 15 is 0 Å². The fourth-order valence-electron chi connectivity index (χ4n) is 1.15. The first-order valence-corrected chi connectivity index (χ1v) is 6.83. The highest BCUT2D eigenvalue weighted by Gasteiger charge is 2.24. The van der Waals surface area contributed by atoms with E-state index in [2.05, 4.69) is 4.72 Å². The standard InChI is InChI=1S/C11H15F2NO3S/c1-3-11(2,15)7-14-18(16,17)10-5-4-8(12)6-9(10)13/h4-6,14-15H,3,7H2,1-2H3. The van der Waals surface area contributed by atoms with Crippen LogP contribution in [0.1, 0.15) is 20.3 Å². The Morgan fingerprint density at radius 1 is 1.39 bits per heavy atom. The maximum Gasteiger partial charge on any atom is 0.243 e. The number of sulfonamides is 1. The van der Waals surface area contributed by atoms with Crippen molar-refractivity contribution in [2.24, 2.45) is 0 Å². The Morgan fingerprint density at radius 2 is 2.00 bits per heavy atom. The highest BCUT2D eigenvalue weighted by atomic mass is 32.2. The predicted octanol–water partition coefficient (Wildman–Crippen LogP) is 1.40. The van der Waals surface area contributed by atoms with Crippen LogP contribution in [0.15, 0.2) is 23.1 Å². The van der Waals surface area contributed by atoms with Crippen molar-refractivity contribution >= 4 is 10.0 Å². The Balaban J connectivity index is 2.94. The Labute approximate surface area is 105 Å². The second-order valence-electron chi connectivity index (χ2n) is 4.25. The smallest absolute Gasteiger partial charge is 0.243 e. The SMILES string of the molecule is CCC(C)(O)CNS(=O)(=O)c1ccc(F)cc1F. The van der Waals surface area contributed by atoms with E-state index in [-0.39, 0.29) is 6.54 Å². The number of halogens is 2. The monoisotopic (exact) mass is 279 g/mol. The van der Waals surface area contributed by atoms with Crippen LogP contribution in [0.3, 0.4) is 0 Å². The molecule has 0 aromatic heterocycles. The van der Waals surface area contributed by atoms with Crippen LogP contribution in [0.2, 0.25) is 0 Å². The van der Waals surface area contributed by atoms with Gasteiger partial charge in [0.05, 0.1) is 5.60 Å². The minimum atomic E-state index is -4.10. The summed E-state index contributed by atoms with van der Waals surface area (Å²) in [5, 5.41) is 9.67. The average Bonchev–Trinajstić information content (AvgIpc) is 2.26. The van der Waals surface area contributed by atoms with E-state index in [9.17, 15) is 22.3 Å². The number of hydrogen-bond acceptors (Lipinski definition) is 3. The predicted molar refractivity (Wildman–Crippen MR) is 62.5 cm³/mol. The summed E-state index contributed by atoms with van der Waals surface area (Å²) < 4.78 is 51.6. The van der Waals surface area contributed by atoms with Crippen LogP contribution in [-0.2, 0) is 10.0 Å². The summed E-state index contributed by atoms with van der Waals surface area (Å²) in [4.78, 5) is -0.643. The van der Waals surface area contributed by atoms with Gasteiger partial charge in [0.1, 0.15) is 16.5 Å². The first-order valence-electron chi connectivity index (χ1n) is 5.35. The molecule has 0 spiro atoms. The molecule has 1 unspecified atom stereocenters. The molecule has 7 heteroatoms. The zero-order valence-electron chi connectivity index (χ0n) is 10.1. The van der Waals surface area contributed by atoms with Gasteiger partial charge in [-0.2, -0.15) is 0 Å². The van der Waals surface area contributed by atoms with Crippen LogP contribution in [-0.4, -0.2) is 25.7 Å². The molecule has 0 radical (unpaired) electrons. The van der Waals surface area contributed by atoms with E-state index in [0.717, 1.165) is 12.1 Å². The second kappa shape index (κ2) is 5.29. The van der Waals surface area contributed by atoms with E-state index in [1.165, 1.54) is 6.92 Å². The van der Waals surface area contributed by atoms with Gasteiger partial charge in [-0.25, -0.2) is 21.9 Å². The van der Waals surface area contributed by atoms with Gasteiger partial charge in [0, 0.05) is 12.6 Å². The lowest BCUT2D eigenvalue weighted by molar-refractivity contribution is 0.0613. The van der Waals surface area contributed by atoms with Crippen LogP contribution < -0.4 is 4.72 Å². The fraction of sp³-hybridized carbons (Fsp3) is 0.455. The van der Waals surface area contributed by atoms with Crippen LogP contribution in [0.4, 0.5) is 8.78 Å². The molecule has 18 heavy (non-hydrogen) atoms. The van der Waals surface area contributed by atoms with Gasteiger partial charge in [-0.15, -0.1) is 0 Å². The van der Waals surface area contributed by atoms with Crippen molar-refractivity contribution in [2.75, 3.05) is 6.54 Å². The topological polar surface area (TPSA) is 66.4 Å². The van der Waals surface area contributed by atoms with Crippen LogP contribution in [0, 0.1) is 11.6 Å². The second-order valence-corrected chi connectivity index (χ2v) is 5.99. The maximum absolute atomic E-state index is 13.3. The van der Waals surface area contributed by atoms with Crippen molar-refractivity contribution in [3.63, 3.8) is 0 Å². The fourth-order valence-corrected chi connectivity index (χ4v) is 2.37. The molecule has 0 fully saturated rings. The molecule has 2 N–H and O–H groups in total. The van der Waals surface area contributed by atoms with Gasteiger partial charge in [0.25, 0.3) is 0 Å². The molecule has 1 aromatic rings. The van der Waals surface area contributed by atoms with Gasteiger partial charge >= 0.3 is 0 Å². The van der Waals surface area contributed by atoms with Crippen molar-refractivity contribution in [3.05, 3.63) is 29.8 Å². The zero-order valence-corrected chi connectivity index (χ0v) is 10.9. The Bertz CT molecular complexity index is 529. The summed E-state index contributed by atoms with van der Waals surface area (Å²) in [6, 6.07) is 2.19. The van der Waals surface area contributed by atoms with Gasteiger partial charge in [-0.1, -0.05) is 6.92 Å². The van der Waals surface area contributed by atoms with E-state index in [4.69, 9.17) is 0 Å². The molecule has 0 aliphatic rings. The molecule has 0 saturated heterocycles. The normalized spacial score (nSPS) is 15.4. The minimum absolute atomic E-state index is 0.247. The number of aliphatic hydroxyl groups is 1. The maximum atomic E-state index is 13.3. The first kappa shape index (κ1) is 15.0. The lowest BCUT2D eigenvalue weighted by atomic mass is 10.1. The van der Waals surface area contributed by atoms with Crippen LogP contribution >= 0.6 is 0 Å². The van der Waals surface area contributed by atoms with E-state index in [1.54, 1.807) is 6.92 Å². The summed E-state index contributed by atoms with van der Waals surface area (Å²) in [5.41, 5.74) is -1.22. The van der Waals surface area contributed by atoms with Crippen LogP contribution in [0.5, 0.6) is 0 Å². The molecule has 0 bridgehead atoms. The quantitative estimate of drug-likeness (QED) is 0.856. The van der Waals surface area contributed by atoms with Crippen LogP contribution in [0.25, 0.3) is 0 Å².